The number of furan rings is 1. The Hall–Kier alpha value is -2.80. The van der Waals surface area contributed by atoms with Gasteiger partial charge in [0, 0.05) is 17.5 Å². The number of amides is 2. The molecule has 2 aromatic rings. The summed E-state index contributed by atoms with van der Waals surface area (Å²) in [6.45, 7) is 3.78. The standard InChI is InChI=1S/C19H20ClN3O4/c1-3-26-19(25)23-22-14-9-6-10-15-16(14)11(2)17(27-15)18(24)21-13-8-5-4-7-12(13)20/h4-5,7-8H,3,6,9-10H2,1-2H3,(H,21,24)(H,23,25)/b22-14+. The molecule has 0 spiro atoms. The fraction of sp³-hybridized carbons (Fsp3) is 0.316. The normalized spacial score (nSPS) is 14.6. The summed E-state index contributed by atoms with van der Waals surface area (Å²) in [5.74, 6) is 0.519. The van der Waals surface area contributed by atoms with E-state index in [4.69, 9.17) is 20.8 Å². The Labute approximate surface area is 161 Å². The fourth-order valence-electron chi connectivity index (χ4n) is 3.01. The van der Waals surface area contributed by atoms with Gasteiger partial charge in [-0.3, -0.25) is 4.79 Å². The minimum Gasteiger partial charge on any atom is -0.455 e. The molecule has 1 aliphatic carbocycles. The molecule has 1 aromatic carbocycles. The molecular formula is C19H20ClN3O4. The zero-order valence-electron chi connectivity index (χ0n) is 15.1. The number of hydrazone groups is 1. The topological polar surface area (TPSA) is 92.9 Å². The second kappa shape index (κ2) is 8.26. The van der Waals surface area contributed by atoms with Crippen molar-refractivity contribution >= 4 is 35.0 Å². The van der Waals surface area contributed by atoms with Gasteiger partial charge in [-0.25, -0.2) is 10.2 Å². The first kappa shape index (κ1) is 19.0. The van der Waals surface area contributed by atoms with Crippen LogP contribution >= 0.6 is 11.6 Å². The first-order valence-corrected chi connectivity index (χ1v) is 9.07. The first-order chi connectivity index (χ1) is 13.0. The van der Waals surface area contributed by atoms with Gasteiger partial charge < -0.3 is 14.5 Å². The van der Waals surface area contributed by atoms with E-state index < -0.39 is 6.09 Å². The number of nitrogens with one attached hydrogen (secondary N) is 2. The van der Waals surface area contributed by atoms with Crippen molar-refractivity contribution in [2.45, 2.75) is 33.1 Å². The molecule has 0 bridgehead atoms. The smallest absolute Gasteiger partial charge is 0.427 e. The Morgan fingerprint density at radius 3 is 2.81 bits per heavy atom. The van der Waals surface area contributed by atoms with Crippen LogP contribution in [0, 0.1) is 6.92 Å². The summed E-state index contributed by atoms with van der Waals surface area (Å²) in [6, 6.07) is 6.99. The molecule has 8 heteroatoms. The van der Waals surface area contributed by atoms with Crippen molar-refractivity contribution in [3.63, 3.8) is 0 Å². The van der Waals surface area contributed by atoms with E-state index in [1.807, 2.05) is 0 Å². The van der Waals surface area contributed by atoms with Crippen LogP contribution in [-0.4, -0.2) is 24.3 Å². The fourth-order valence-corrected chi connectivity index (χ4v) is 3.20. The van der Waals surface area contributed by atoms with Crippen molar-refractivity contribution in [2.75, 3.05) is 11.9 Å². The number of fused-ring (bicyclic) bond motifs is 1. The summed E-state index contributed by atoms with van der Waals surface area (Å²) in [7, 11) is 0. The van der Waals surface area contributed by atoms with Gasteiger partial charge in [-0.15, -0.1) is 0 Å². The highest BCUT2D eigenvalue weighted by Crippen LogP contribution is 2.31. The van der Waals surface area contributed by atoms with Gasteiger partial charge in [-0.1, -0.05) is 23.7 Å². The zero-order chi connectivity index (χ0) is 19.4. The van der Waals surface area contributed by atoms with E-state index in [0.29, 0.717) is 40.6 Å². The van der Waals surface area contributed by atoms with Gasteiger partial charge in [0.1, 0.15) is 5.76 Å². The maximum absolute atomic E-state index is 12.7. The number of para-hydroxylation sites is 1. The molecule has 142 valence electrons. The molecule has 0 radical (unpaired) electrons. The lowest BCUT2D eigenvalue weighted by Gasteiger charge is -2.13. The number of anilines is 1. The molecule has 0 unspecified atom stereocenters. The highest BCUT2D eigenvalue weighted by Gasteiger charge is 2.28. The molecular weight excluding hydrogens is 370 g/mol. The molecule has 0 fully saturated rings. The number of aryl methyl sites for hydroxylation is 1. The molecule has 3 rings (SSSR count). The van der Waals surface area contributed by atoms with Crippen molar-refractivity contribution in [1.82, 2.24) is 5.43 Å². The number of rotatable bonds is 4. The summed E-state index contributed by atoms with van der Waals surface area (Å²) >= 11 is 6.10. The highest BCUT2D eigenvalue weighted by atomic mass is 35.5. The second-order valence-corrected chi connectivity index (χ2v) is 6.44. The van der Waals surface area contributed by atoms with Crippen molar-refractivity contribution in [3.8, 4) is 0 Å². The van der Waals surface area contributed by atoms with Crippen molar-refractivity contribution in [3.05, 3.63) is 51.9 Å². The highest BCUT2D eigenvalue weighted by molar-refractivity contribution is 6.33. The lowest BCUT2D eigenvalue weighted by atomic mass is 9.93. The third-order valence-electron chi connectivity index (χ3n) is 4.21. The molecule has 2 N–H and O–H groups in total. The lowest BCUT2D eigenvalue weighted by molar-refractivity contribution is 0.0994. The average Bonchev–Trinajstić information content (AvgIpc) is 3.00. The minimum atomic E-state index is -0.616. The SMILES string of the molecule is CCOC(=O)N/N=C1\CCCc2oc(C(=O)Nc3ccccc3Cl)c(C)c21. The van der Waals surface area contributed by atoms with Crippen LogP contribution in [0.5, 0.6) is 0 Å². The van der Waals surface area contributed by atoms with Gasteiger partial charge in [-0.05, 0) is 38.8 Å². The van der Waals surface area contributed by atoms with E-state index in [1.54, 1.807) is 38.1 Å². The average molecular weight is 390 g/mol. The molecule has 1 aromatic heterocycles. The predicted octanol–water partition coefficient (Wildman–Crippen LogP) is 4.28. The lowest BCUT2D eigenvalue weighted by Crippen LogP contribution is -2.22. The van der Waals surface area contributed by atoms with Crippen LogP contribution in [0.25, 0.3) is 0 Å². The van der Waals surface area contributed by atoms with Crippen LogP contribution in [0.3, 0.4) is 0 Å². The summed E-state index contributed by atoms with van der Waals surface area (Å²) in [6.07, 6.45) is 1.57. The van der Waals surface area contributed by atoms with Crippen molar-refractivity contribution < 1.29 is 18.7 Å². The number of hydrogen-bond donors (Lipinski definition) is 2. The molecule has 27 heavy (non-hydrogen) atoms. The minimum absolute atomic E-state index is 0.214. The Kier molecular flexibility index (Phi) is 5.81. The maximum Gasteiger partial charge on any atom is 0.427 e. The number of carbonyl (C=O) groups excluding carboxylic acids is 2. The Morgan fingerprint density at radius 2 is 2.07 bits per heavy atom. The Balaban J connectivity index is 1.86. The molecule has 2 amide bonds. The zero-order valence-corrected chi connectivity index (χ0v) is 15.9. The van der Waals surface area contributed by atoms with Gasteiger partial charge in [0.15, 0.2) is 5.76 Å². The van der Waals surface area contributed by atoms with Crippen LogP contribution in [0.2, 0.25) is 5.02 Å². The van der Waals surface area contributed by atoms with E-state index in [-0.39, 0.29) is 18.3 Å². The quantitative estimate of drug-likeness (QED) is 0.763. The summed E-state index contributed by atoms with van der Waals surface area (Å²) in [4.78, 5) is 24.2. The van der Waals surface area contributed by atoms with Gasteiger partial charge in [0.25, 0.3) is 5.91 Å². The summed E-state index contributed by atoms with van der Waals surface area (Å²) in [5.41, 5.74) is 5.00. The number of benzene rings is 1. The number of halogens is 1. The Bertz CT molecular complexity index is 904. The molecule has 0 saturated heterocycles. The van der Waals surface area contributed by atoms with Gasteiger partial charge in [0.2, 0.25) is 0 Å². The van der Waals surface area contributed by atoms with Crippen molar-refractivity contribution in [1.29, 1.82) is 0 Å². The van der Waals surface area contributed by atoms with Crippen LogP contribution < -0.4 is 10.7 Å². The largest absolute Gasteiger partial charge is 0.455 e. The van der Waals surface area contributed by atoms with E-state index in [2.05, 4.69) is 15.8 Å². The summed E-state index contributed by atoms with van der Waals surface area (Å²) < 4.78 is 10.6. The third kappa shape index (κ3) is 4.14. The summed E-state index contributed by atoms with van der Waals surface area (Å²) in [5, 5.41) is 7.36. The number of hydrogen-bond acceptors (Lipinski definition) is 5. The van der Waals surface area contributed by atoms with Crippen LogP contribution in [0.1, 0.15) is 47.2 Å². The second-order valence-electron chi connectivity index (χ2n) is 6.03. The number of carbonyl (C=O) groups is 2. The molecule has 0 aliphatic heterocycles. The predicted molar refractivity (Wildman–Crippen MR) is 102 cm³/mol. The van der Waals surface area contributed by atoms with Gasteiger partial charge >= 0.3 is 6.09 Å². The van der Waals surface area contributed by atoms with Crippen LogP contribution in [0.15, 0.2) is 33.8 Å². The molecule has 0 saturated carbocycles. The van der Waals surface area contributed by atoms with E-state index in [0.717, 1.165) is 12.0 Å². The molecule has 0 atom stereocenters. The maximum atomic E-state index is 12.7. The van der Waals surface area contributed by atoms with Gasteiger partial charge in [0.05, 0.1) is 23.0 Å². The molecule has 7 nitrogen and oxygen atoms in total. The van der Waals surface area contributed by atoms with Crippen molar-refractivity contribution in [2.24, 2.45) is 5.10 Å². The Morgan fingerprint density at radius 1 is 1.30 bits per heavy atom. The third-order valence-corrected chi connectivity index (χ3v) is 4.54. The van der Waals surface area contributed by atoms with Gasteiger partial charge in [-0.2, -0.15) is 5.10 Å². The van der Waals surface area contributed by atoms with Crippen LogP contribution in [0.4, 0.5) is 10.5 Å². The molecule has 1 aliphatic rings. The first-order valence-electron chi connectivity index (χ1n) is 8.69. The van der Waals surface area contributed by atoms with Crippen LogP contribution in [-0.2, 0) is 11.2 Å². The van der Waals surface area contributed by atoms with E-state index in [1.165, 1.54) is 0 Å². The molecule has 1 heterocycles. The van der Waals surface area contributed by atoms with E-state index >= 15 is 0 Å². The number of nitrogens with zero attached hydrogens (tertiary/aromatic N) is 1. The number of ether oxygens (including phenoxy) is 1. The van der Waals surface area contributed by atoms with E-state index in [9.17, 15) is 9.59 Å². The monoisotopic (exact) mass is 389 g/mol.